The maximum atomic E-state index is 13.3. The van der Waals surface area contributed by atoms with Gasteiger partial charge in [-0.15, -0.1) is 0 Å². The van der Waals surface area contributed by atoms with Gasteiger partial charge in [0.15, 0.2) is 5.82 Å². The molecule has 0 aliphatic carbocycles. The Morgan fingerprint density at radius 2 is 2.28 bits per heavy atom. The topological polar surface area (TPSA) is 42.4 Å². The van der Waals surface area contributed by atoms with Gasteiger partial charge in [0.2, 0.25) is 5.91 Å². The number of hydrogen-bond donors (Lipinski definition) is 0. The number of halogens is 1. The van der Waals surface area contributed by atoms with Crippen LogP contribution in [0, 0.1) is 5.82 Å². The van der Waals surface area contributed by atoms with E-state index in [0.29, 0.717) is 25.9 Å². The molecule has 1 aliphatic heterocycles. The van der Waals surface area contributed by atoms with Crippen molar-refractivity contribution in [3.05, 3.63) is 36.8 Å². The van der Waals surface area contributed by atoms with Gasteiger partial charge in [0.05, 0.1) is 0 Å². The van der Waals surface area contributed by atoms with Crippen molar-refractivity contribution in [3.8, 4) is 5.88 Å². The third kappa shape index (κ3) is 2.85. The number of nitrogens with zero attached hydrogens (tertiary/aromatic N) is 2. The third-order valence-corrected chi connectivity index (χ3v) is 2.93. The first-order valence-electron chi connectivity index (χ1n) is 5.89. The second kappa shape index (κ2) is 5.62. The normalized spacial score (nSPS) is 16.4. The van der Waals surface area contributed by atoms with E-state index in [1.54, 1.807) is 4.90 Å². The Morgan fingerprint density at radius 1 is 1.56 bits per heavy atom. The first-order valence-corrected chi connectivity index (χ1v) is 5.89. The lowest BCUT2D eigenvalue weighted by molar-refractivity contribution is -0.127. The predicted octanol–water partition coefficient (Wildman–Crippen LogP) is 1.78. The number of carbonyl (C=O) groups excluding carboxylic acids is 1. The minimum atomic E-state index is -0.456. The van der Waals surface area contributed by atoms with E-state index >= 15 is 0 Å². The van der Waals surface area contributed by atoms with Crippen molar-refractivity contribution in [1.82, 2.24) is 9.88 Å². The highest BCUT2D eigenvalue weighted by Crippen LogP contribution is 2.19. The van der Waals surface area contributed by atoms with Crippen LogP contribution >= 0.6 is 0 Å². The molecular formula is C13H15FN2O2. The van der Waals surface area contributed by atoms with E-state index in [-0.39, 0.29) is 17.9 Å². The van der Waals surface area contributed by atoms with Crippen LogP contribution in [0.25, 0.3) is 0 Å². The number of carbonyl (C=O) groups is 1. The fourth-order valence-electron chi connectivity index (χ4n) is 1.94. The SMILES string of the molecule is C=CC(=O)N1CCC(Oc2ncccc2F)CC1. The number of rotatable bonds is 3. The molecule has 2 heterocycles. The quantitative estimate of drug-likeness (QED) is 0.768. The molecular weight excluding hydrogens is 235 g/mol. The standard InChI is InChI=1S/C13H15FN2O2/c1-2-12(17)16-8-5-10(6-9-16)18-13-11(14)4-3-7-15-13/h2-4,7,10H,1,5-6,8-9H2. The van der Waals surface area contributed by atoms with E-state index in [2.05, 4.69) is 11.6 Å². The maximum Gasteiger partial charge on any atom is 0.250 e. The molecule has 0 atom stereocenters. The lowest BCUT2D eigenvalue weighted by Crippen LogP contribution is -2.41. The Bertz CT molecular complexity index is 442. The van der Waals surface area contributed by atoms with Crippen molar-refractivity contribution >= 4 is 5.91 Å². The summed E-state index contributed by atoms with van der Waals surface area (Å²) in [5, 5.41) is 0. The summed E-state index contributed by atoms with van der Waals surface area (Å²) in [5.41, 5.74) is 0. The molecule has 1 saturated heterocycles. The van der Waals surface area contributed by atoms with Gasteiger partial charge < -0.3 is 9.64 Å². The molecule has 0 N–H and O–H groups in total. The van der Waals surface area contributed by atoms with E-state index in [1.807, 2.05) is 0 Å². The molecule has 4 nitrogen and oxygen atoms in total. The molecule has 1 aliphatic rings. The Kier molecular flexibility index (Phi) is 3.92. The molecule has 18 heavy (non-hydrogen) atoms. The van der Waals surface area contributed by atoms with Gasteiger partial charge >= 0.3 is 0 Å². The summed E-state index contributed by atoms with van der Waals surface area (Å²) in [6.07, 6.45) is 4.06. The average molecular weight is 250 g/mol. The molecule has 1 amide bonds. The van der Waals surface area contributed by atoms with Crippen molar-refractivity contribution in [2.24, 2.45) is 0 Å². The van der Waals surface area contributed by atoms with Crippen LogP contribution in [0.4, 0.5) is 4.39 Å². The highest BCUT2D eigenvalue weighted by atomic mass is 19.1. The summed E-state index contributed by atoms with van der Waals surface area (Å²) >= 11 is 0. The Hall–Kier alpha value is -1.91. The number of likely N-dealkylation sites (tertiary alicyclic amines) is 1. The van der Waals surface area contributed by atoms with Crippen LogP contribution in [0.2, 0.25) is 0 Å². The number of ether oxygens (including phenoxy) is 1. The van der Waals surface area contributed by atoms with Crippen molar-refractivity contribution in [3.63, 3.8) is 0 Å². The first-order chi connectivity index (χ1) is 8.70. The molecule has 1 aromatic rings. The highest BCUT2D eigenvalue weighted by molar-refractivity contribution is 5.87. The van der Waals surface area contributed by atoms with Gasteiger partial charge in [-0.1, -0.05) is 6.58 Å². The fraction of sp³-hybridized carbons (Fsp3) is 0.385. The second-order valence-electron chi connectivity index (χ2n) is 4.14. The predicted molar refractivity (Wildman–Crippen MR) is 64.6 cm³/mol. The molecule has 0 bridgehead atoms. The van der Waals surface area contributed by atoms with E-state index < -0.39 is 5.82 Å². The van der Waals surface area contributed by atoms with Gasteiger partial charge in [0.1, 0.15) is 6.10 Å². The molecule has 5 heteroatoms. The van der Waals surface area contributed by atoms with Crippen molar-refractivity contribution in [2.45, 2.75) is 18.9 Å². The molecule has 0 aromatic carbocycles. The first kappa shape index (κ1) is 12.5. The van der Waals surface area contributed by atoms with Crippen LogP contribution in [0.15, 0.2) is 31.0 Å². The molecule has 1 fully saturated rings. The van der Waals surface area contributed by atoms with Crippen LogP contribution in [0.3, 0.4) is 0 Å². The van der Waals surface area contributed by atoms with E-state index in [9.17, 15) is 9.18 Å². The molecule has 0 spiro atoms. The monoisotopic (exact) mass is 250 g/mol. The lowest BCUT2D eigenvalue weighted by atomic mass is 10.1. The number of hydrogen-bond acceptors (Lipinski definition) is 3. The zero-order valence-corrected chi connectivity index (χ0v) is 10.0. The van der Waals surface area contributed by atoms with Crippen molar-refractivity contribution in [1.29, 1.82) is 0 Å². The van der Waals surface area contributed by atoms with Crippen LogP contribution in [0.5, 0.6) is 5.88 Å². The zero-order chi connectivity index (χ0) is 13.0. The van der Waals surface area contributed by atoms with E-state index in [0.717, 1.165) is 0 Å². The van der Waals surface area contributed by atoms with Crippen LogP contribution in [-0.2, 0) is 4.79 Å². The smallest absolute Gasteiger partial charge is 0.250 e. The van der Waals surface area contributed by atoms with Crippen LogP contribution < -0.4 is 4.74 Å². The fourth-order valence-corrected chi connectivity index (χ4v) is 1.94. The Labute approximate surface area is 105 Å². The van der Waals surface area contributed by atoms with Crippen LogP contribution in [0.1, 0.15) is 12.8 Å². The van der Waals surface area contributed by atoms with Gasteiger partial charge in [-0.05, 0) is 18.2 Å². The van der Waals surface area contributed by atoms with Crippen molar-refractivity contribution < 1.29 is 13.9 Å². The van der Waals surface area contributed by atoms with Gasteiger partial charge in [-0.3, -0.25) is 4.79 Å². The summed E-state index contributed by atoms with van der Waals surface area (Å²) in [7, 11) is 0. The average Bonchev–Trinajstić information content (AvgIpc) is 2.41. The molecule has 0 unspecified atom stereocenters. The number of aromatic nitrogens is 1. The van der Waals surface area contributed by atoms with Crippen LogP contribution in [-0.4, -0.2) is 35.0 Å². The number of piperidine rings is 1. The van der Waals surface area contributed by atoms with E-state index in [1.165, 1.54) is 24.4 Å². The summed E-state index contributed by atoms with van der Waals surface area (Å²) in [6.45, 7) is 4.65. The second-order valence-corrected chi connectivity index (χ2v) is 4.14. The lowest BCUT2D eigenvalue weighted by Gasteiger charge is -2.31. The van der Waals surface area contributed by atoms with Gasteiger partial charge in [-0.25, -0.2) is 9.37 Å². The molecule has 0 saturated carbocycles. The van der Waals surface area contributed by atoms with Gasteiger partial charge in [0.25, 0.3) is 5.88 Å². The Morgan fingerprint density at radius 3 is 2.89 bits per heavy atom. The number of pyridine rings is 1. The summed E-state index contributed by atoms with van der Waals surface area (Å²) in [5.74, 6) is -0.495. The van der Waals surface area contributed by atoms with E-state index in [4.69, 9.17) is 4.74 Å². The number of amides is 1. The minimum absolute atomic E-state index is 0.0333. The van der Waals surface area contributed by atoms with Crippen molar-refractivity contribution in [2.75, 3.05) is 13.1 Å². The molecule has 0 radical (unpaired) electrons. The highest BCUT2D eigenvalue weighted by Gasteiger charge is 2.23. The molecule has 1 aromatic heterocycles. The molecule has 96 valence electrons. The maximum absolute atomic E-state index is 13.3. The third-order valence-electron chi connectivity index (χ3n) is 2.93. The zero-order valence-electron chi connectivity index (χ0n) is 10.0. The summed E-state index contributed by atoms with van der Waals surface area (Å²) in [6, 6.07) is 2.84. The van der Waals surface area contributed by atoms with Gasteiger partial charge in [0, 0.05) is 32.1 Å². The Balaban J connectivity index is 1.89. The van der Waals surface area contributed by atoms with Gasteiger partial charge in [-0.2, -0.15) is 0 Å². The summed E-state index contributed by atoms with van der Waals surface area (Å²) < 4.78 is 18.8. The minimum Gasteiger partial charge on any atom is -0.472 e. The molecule has 2 rings (SSSR count). The summed E-state index contributed by atoms with van der Waals surface area (Å²) in [4.78, 5) is 16.9. The largest absolute Gasteiger partial charge is 0.472 e.